The fraction of sp³-hybridized carbons (Fsp3) is 0.786. The van der Waals surface area contributed by atoms with Gasteiger partial charge in [0.25, 0.3) is 0 Å². The molecular formula is C14H25N3S. The van der Waals surface area contributed by atoms with Crippen LogP contribution < -0.4 is 5.32 Å². The van der Waals surface area contributed by atoms with Crippen LogP contribution in [0.1, 0.15) is 51.1 Å². The molecule has 1 unspecified atom stereocenters. The first kappa shape index (κ1) is 14.0. The van der Waals surface area contributed by atoms with Gasteiger partial charge in [-0.05, 0) is 46.2 Å². The molecule has 1 aliphatic heterocycles. The molecule has 0 saturated carbocycles. The van der Waals surface area contributed by atoms with E-state index in [-0.39, 0.29) is 0 Å². The summed E-state index contributed by atoms with van der Waals surface area (Å²) in [4.78, 5) is 7.01. The number of hydrogen-bond acceptors (Lipinski definition) is 4. The van der Waals surface area contributed by atoms with Crippen LogP contribution in [0.15, 0.2) is 11.6 Å². The normalized spacial score (nSPS) is 20.4. The summed E-state index contributed by atoms with van der Waals surface area (Å²) in [6, 6.07) is 1.79. The lowest BCUT2D eigenvalue weighted by Gasteiger charge is -2.36. The molecule has 0 amide bonds. The predicted molar refractivity (Wildman–Crippen MR) is 78.0 cm³/mol. The van der Waals surface area contributed by atoms with Crippen molar-refractivity contribution in [1.82, 2.24) is 15.2 Å². The van der Waals surface area contributed by atoms with Crippen molar-refractivity contribution in [2.45, 2.75) is 58.2 Å². The molecule has 1 aromatic heterocycles. The topological polar surface area (TPSA) is 28.2 Å². The predicted octanol–water partition coefficient (Wildman–Crippen LogP) is 3.06. The Labute approximate surface area is 115 Å². The molecule has 0 spiro atoms. The molecular weight excluding hydrogens is 242 g/mol. The zero-order valence-corrected chi connectivity index (χ0v) is 12.5. The zero-order valence-electron chi connectivity index (χ0n) is 11.7. The van der Waals surface area contributed by atoms with Gasteiger partial charge < -0.3 is 10.2 Å². The summed E-state index contributed by atoms with van der Waals surface area (Å²) >= 11 is 1.77. The van der Waals surface area contributed by atoms with Gasteiger partial charge in [-0.2, -0.15) is 0 Å². The zero-order chi connectivity index (χ0) is 13.0. The number of piperidine rings is 1. The summed E-state index contributed by atoms with van der Waals surface area (Å²) in [6.07, 6.45) is 5.56. The highest BCUT2D eigenvalue weighted by Gasteiger charge is 2.23. The smallest absolute Gasteiger partial charge is 0.109 e. The molecule has 1 atom stereocenters. The Morgan fingerprint density at radius 1 is 1.44 bits per heavy atom. The highest BCUT2D eigenvalue weighted by molar-refractivity contribution is 7.09. The van der Waals surface area contributed by atoms with Crippen molar-refractivity contribution < 1.29 is 0 Å². The molecule has 0 aliphatic carbocycles. The Morgan fingerprint density at radius 3 is 2.67 bits per heavy atom. The Bertz CT molecular complexity index is 329. The van der Waals surface area contributed by atoms with E-state index in [0.717, 1.165) is 6.42 Å². The van der Waals surface area contributed by atoms with Crippen LogP contribution in [-0.4, -0.2) is 35.1 Å². The van der Waals surface area contributed by atoms with Gasteiger partial charge in [-0.1, -0.05) is 6.92 Å². The highest BCUT2D eigenvalue weighted by atomic mass is 32.1. The molecule has 1 aliphatic rings. The Kier molecular flexibility index (Phi) is 5.15. The van der Waals surface area contributed by atoms with Crippen LogP contribution >= 0.6 is 11.3 Å². The minimum atomic E-state index is 0.445. The first-order valence-electron chi connectivity index (χ1n) is 7.10. The monoisotopic (exact) mass is 267 g/mol. The Morgan fingerprint density at radius 2 is 2.17 bits per heavy atom. The largest absolute Gasteiger partial charge is 0.305 e. The molecule has 3 nitrogen and oxygen atoms in total. The number of nitrogens with one attached hydrogen (secondary N) is 1. The van der Waals surface area contributed by atoms with Gasteiger partial charge >= 0.3 is 0 Å². The van der Waals surface area contributed by atoms with E-state index >= 15 is 0 Å². The van der Waals surface area contributed by atoms with E-state index < -0.39 is 0 Å². The summed E-state index contributed by atoms with van der Waals surface area (Å²) in [6.45, 7) is 9.27. The molecule has 4 heteroatoms. The minimum Gasteiger partial charge on any atom is -0.305 e. The molecule has 1 saturated heterocycles. The summed E-state index contributed by atoms with van der Waals surface area (Å²) in [5.41, 5.74) is 0. The third-order valence-electron chi connectivity index (χ3n) is 3.85. The van der Waals surface area contributed by atoms with E-state index in [1.54, 1.807) is 11.3 Å². The summed E-state index contributed by atoms with van der Waals surface area (Å²) in [5, 5.41) is 7.10. The van der Waals surface area contributed by atoms with Gasteiger partial charge in [-0.15, -0.1) is 11.3 Å². The SMILES string of the molecule is CCC(NC1CCN(C(C)C)CC1)c1nccs1. The van der Waals surface area contributed by atoms with Crippen LogP contribution in [0.4, 0.5) is 0 Å². The molecule has 0 radical (unpaired) electrons. The quantitative estimate of drug-likeness (QED) is 0.888. The average molecular weight is 267 g/mol. The summed E-state index contributed by atoms with van der Waals surface area (Å²) < 4.78 is 0. The van der Waals surface area contributed by atoms with Gasteiger partial charge in [0.15, 0.2) is 0 Å². The molecule has 2 rings (SSSR count). The van der Waals surface area contributed by atoms with Crippen molar-refractivity contribution >= 4 is 11.3 Å². The highest BCUT2D eigenvalue weighted by Crippen LogP contribution is 2.22. The lowest BCUT2D eigenvalue weighted by atomic mass is 10.0. The number of thiazole rings is 1. The van der Waals surface area contributed by atoms with Gasteiger partial charge in [-0.3, -0.25) is 0 Å². The van der Waals surface area contributed by atoms with Crippen LogP contribution in [0.5, 0.6) is 0 Å². The van der Waals surface area contributed by atoms with Crippen molar-refractivity contribution in [3.63, 3.8) is 0 Å². The van der Waals surface area contributed by atoms with Crippen molar-refractivity contribution in [3.05, 3.63) is 16.6 Å². The number of hydrogen-bond donors (Lipinski definition) is 1. The second kappa shape index (κ2) is 6.64. The number of rotatable bonds is 5. The van der Waals surface area contributed by atoms with Gasteiger partial charge in [0.2, 0.25) is 0 Å². The fourth-order valence-electron chi connectivity index (χ4n) is 2.64. The van der Waals surface area contributed by atoms with Gasteiger partial charge in [0.1, 0.15) is 5.01 Å². The van der Waals surface area contributed by atoms with E-state index in [1.807, 2.05) is 6.20 Å². The molecule has 102 valence electrons. The van der Waals surface area contributed by atoms with Gasteiger partial charge in [-0.25, -0.2) is 4.98 Å². The van der Waals surface area contributed by atoms with Gasteiger partial charge in [0.05, 0.1) is 6.04 Å². The van der Waals surface area contributed by atoms with E-state index in [1.165, 1.54) is 30.9 Å². The first-order chi connectivity index (χ1) is 8.70. The molecule has 0 bridgehead atoms. The third-order valence-corrected chi connectivity index (χ3v) is 4.74. The second-order valence-electron chi connectivity index (χ2n) is 5.40. The standard InChI is InChI=1S/C14H25N3S/c1-4-13(14-15-7-10-18-14)16-12-5-8-17(9-6-12)11(2)3/h7,10-13,16H,4-6,8-9H2,1-3H3. The van der Waals surface area contributed by atoms with Crippen LogP contribution in [0.2, 0.25) is 0 Å². The maximum atomic E-state index is 4.44. The van der Waals surface area contributed by atoms with E-state index in [4.69, 9.17) is 0 Å². The fourth-order valence-corrected chi connectivity index (χ4v) is 3.42. The summed E-state index contributed by atoms with van der Waals surface area (Å²) in [5.74, 6) is 0. The third kappa shape index (κ3) is 3.53. The van der Waals surface area contributed by atoms with Gasteiger partial charge in [0, 0.05) is 23.7 Å². The van der Waals surface area contributed by atoms with Crippen molar-refractivity contribution in [1.29, 1.82) is 0 Å². The molecule has 2 heterocycles. The second-order valence-corrected chi connectivity index (χ2v) is 6.33. The van der Waals surface area contributed by atoms with Crippen molar-refractivity contribution in [2.24, 2.45) is 0 Å². The number of nitrogens with zero attached hydrogens (tertiary/aromatic N) is 2. The minimum absolute atomic E-state index is 0.445. The van der Waals surface area contributed by atoms with Crippen LogP contribution in [-0.2, 0) is 0 Å². The molecule has 1 N–H and O–H groups in total. The number of likely N-dealkylation sites (tertiary alicyclic amines) is 1. The first-order valence-corrected chi connectivity index (χ1v) is 7.98. The van der Waals surface area contributed by atoms with E-state index in [0.29, 0.717) is 18.1 Å². The number of aromatic nitrogens is 1. The maximum Gasteiger partial charge on any atom is 0.109 e. The molecule has 1 fully saturated rings. The van der Waals surface area contributed by atoms with Crippen LogP contribution in [0.3, 0.4) is 0 Å². The van der Waals surface area contributed by atoms with Crippen molar-refractivity contribution in [3.8, 4) is 0 Å². The van der Waals surface area contributed by atoms with E-state index in [2.05, 4.69) is 41.4 Å². The molecule has 1 aromatic rings. The lowest BCUT2D eigenvalue weighted by molar-refractivity contribution is 0.156. The van der Waals surface area contributed by atoms with E-state index in [9.17, 15) is 0 Å². The Balaban J connectivity index is 1.83. The maximum absolute atomic E-state index is 4.44. The van der Waals surface area contributed by atoms with Crippen LogP contribution in [0, 0.1) is 0 Å². The Hall–Kier alpha value is -0.450. The van der Waals surface area contributed by atoms with Crippen molar-refractivity contribution in [2.75, 3.05) is 13.1 Å². The molecule has 18 heavy (non-hydrogen) atoms. The lowest BCUT2D eigenvalue weighted by Crippen LogP contribution is -2.45. The van der Waals surface area contributed by atoms with Crippen LogP contribution in [0.25, 0.3) is 0 Å². The summed E-state index contributed by atoms with van der Waals surface area (Å²) in [7, 11) is 0. The molecule has 0 aromatic carbocycles. The average Bonchev–Trinajstić information content (AvgIpc) is 2.90.